The molecule has 8 nitrogen and oxygen atoms in total. The van der Waals surface area contributed by atoms with Crippen LogP contribution in [0.15, 0.2) is 18.6 Å². The van der Waals surface area contributed by atoms with E-state index in [0.29, 0.717) is 0 Å². The zero-order valence-corrected chi connectivity index (χ0v) is 14.0. The summed E-state index contributed by atoms with van der Waals surface area (Å²) in [5, 5.41) is 9.42. The Balaban J connectivity index is 1.48. The Morgan fingerprint density at radius 3 is 2.74 bits per heavy atom. The van der Waals surface area contributed by atoms with Crippen LogP contribution < -0.4 is 10.0 Å². The molecule has 2 fully saturated rings. The summed E-state index contributed by atoms with van der Waals surface area (Å²) in [5.41, 5.74) is 2.40. The summed E-state index contributed by atoms with van der Waals surface area (Å²) in [6, 6.07) is 2.05. The SMILES string of the molecule is Cc1ccn2ncnc(N3CC4(CC(N(C)S(N)(=O)=O)C4)C3)c12. The Morgan fingerprint density at radius 1 is 1.39 bits per heavy atom. The molecule has 9 heteroatoms. The molecule has 0 atom stereocenters. The normalized spacial score (nSPS) is 21.0. The number of hydrogen-bond acceptors (Lipinski definition) is 5. The van der Waals surface area contributed by atoms with Crippen LogP contribution >= 0.6 is 0 Å². The Bertz CT molecular complexity index is 863. The first-order valence-electron chi connectivity index (χ1n) is 7.59. The first-order valence-corrected chi connectivity index (χ1v) is 9.09. The van der Waals surface area contributed by atoms with Gasteiger partial charge in [0.1, 0.15) is 11.8 Å². The molecule has 4 rings (SSSR count). The highest BCUT2D eigenvalue weighted by Gasteiger charge is 2.55. The van der Waals surface area contributed by atoms with Crippen LogP contribution in [0.3, 0.4) is 0 Å². The van der Waals surface area contributed by atoms with Crippen molar-refractivity contribution in [2.45, 2.75) is 25.8 Å². The lowest BCUT2D eigenvalue weighted by Gasteiger charge is -2.60. The molecule has 1 saturated heterocycles. The van der Waals surface area contributed by atoms with Gasteiger partial charge in [-0.15, -0.1) is 0 Å². The zero-order valence-electron chi connectivity index (χ0n) is 13.2. The summed E-state index contributed by atoms with van der Waals surface area (Å²) in [7, 11) is -2.04. The van der Waals surface area contributed by atoms with E-state index in [1.807, 2.05) is 16.8 Å². The van der Waals surface area contributed by atoms with Gasteiger partial charge in [-0.1, -0.05) is 0 Å². The number of nitrogens with zero attached hydrogens (tertiary/aromatic N) is 5. The molecule has 2 aliphatic rings. The quantitative estimate of drug-likeness (QED) is 0.860. The fraction of sp³-hybridized carbons (Fsp3) is 0.571. The second-order valence-electron chi connectivity index (χ2n) is 6.85. The van der Waals surface area contributed by atoms with Crippen LogP contribution in [0.4, 0.5) is 5.82 Å². The monoisotopic (exact) mass is 336 g/mol. The number of aryl methyl sites for hydroxylation is 1. The summed E-state index contributed by atoms with van der Waals surface area (Å²) in [5.74, 6) is 0.955. The first kappa shape index (κ1) is 14.9. The smallest absolute Gasteiger partial charge is 0.276 e. The van der Waals surface area contributed by atoms with Crippen molar-refractivity contribution in [1.82, 2.24) is 18.9 Å². The average Bonchev–Trinajstić information content (AvgIpc) is 2.77. The summed E-state index contributed by atoms with van der Waals surface area (Å²) < 4.78 is 25.9. The third-order valence-electron chi connectivity index (χ3n) is 5.24. The van der Waals surface area contributed by atoms with Gasteiger partial charge in [0.2, 0.25) is 0 Å². The third-order valence-corrected chi connectivity index (χ3v) is 6.34. The number of hydrogen-bond donors (Lipinski definition) is 1. The number of aromatic nitrogens is 3. The van der Waals surface area contributed by atoms with Gasteiger partial charge in [0.05, 0.1) is 0 Å². The molecule has 23 heavy (non-hydrogen) atoms. The number of rotatable bonds is 3. The molecule has 0 unspecified atom stereocenters. The van der Waals surface area contributed by atoms with E-state index in [4.69, 9.17) is 5.14 Å². The topological polar surface area (TPSA) is 96.8 Å². The van der Waals surface area contributed by atoms with Gasteiger partial charge >= 0.3 is 0 Å². The fourth-order valence-electron chi connectivity index (χ4n) is 3.90. The van der Waals surface area contributed by atoms with Crippen molar-refractivity contribution in [3.63, 3.8) is 0 Å². The minimum atomic E-state index is -3.59. The van der Waals surface area contributed by atoms with Gasteiger partial charge in [-0.3, -0.25) is 0 Å². The summed E-state index contributed by atoms with van der Waals surface area (Å²) in [4.78, 5) is 6.69. The second kappa shape index (κ2) is 4.65. The molecule has 2 N–H and O–H groups in total. The first-order chi connectivity index (χ1) is 10.8. The Morgan fingerprint density at radius 2 is 2.09 bits per heavy atom. The van der Waals surface area contributed by atoms with Crippen LogP contribution in [-0.4, -0.2) is 53.5 Å². The molecule has 2 aromatic rings. The van der Waals surface area contributed by atoms with Gasteiger partial charge in [-0.05, 0) is 31.4 Å². The van der Waals surface area contributed by atoms with Gasteiger partial charge in [0, 0.05) is 37.8 Å². The highest BCUT2D eigenvalue weighted by atomic mass is 32.2. The van der Waals surface area contributed by atoms with E-state index in [1.54, 1.807) is 13.4 Å². The highest BCUT2D eigenvalue weighted by molar-refractivity contribution is 7.86. The molecular weight excluding hydrogens is 316 g/mol. The van der Waals surface area contributed by atoms with Crippen LogP contribution in [0.25, 0.3) is 5.52 Å². The molecule has 124 valence electrons. The van der Waals surface area contributed by atoms with Crippen LogP contribution in [0.1, 0.15) is 18.4 Å². The molecule has 0 amide bonds. The molecule has 1 aliphatic carbocycles. The summed E-state index contributed by atoms with van der Waals surface area (Å²) >= 11 is 0. The minimum Gasteiger partial charge on any atom is -0.354 e. The standard InChI is InChI=1S/C14H20N6O2S/c1-10-3-4-20-12(10)13(16-9-17-20)19-7-14(8-19)5-11(6-14)18(2)23(15,21)22/h3-4,9,11H,5-8H2,1-2H3,(H2,15,21,22). The van der Waals surface area contributed by atoms with Crippen molar-refractivity contribution in [3.8, 4) is 0 Å². The molecule has 0 bridgehead atoms. The van der Waals surface area contributed by atoms with Crippen LogP contribution in [0, 0.1) is 12.3 Å². The fourth-order valence-corrected chi connectivity index (χ4v) is 4.46. The Labute approximate surface area is 135 Å². The highest BCUT2D eigenvalue weighted by Crippen LogP contribution is 2.51. The van der Waals surface area contributed by atoms with E-state index in [2.05, 4.69) is 21.9 Å². The summed E-state index contributed by atoms with van der Waals surface area (Å²) in [6.45, 7) is 3.86. The minimum absolute atomic E-state index is 0.0209. The predicted molar refractivity (Wildman–Crippen MR) is 86.3 cm³/mol. The average molecular weight is 336 g/mol. The second-order valence-corrected chi connectivity index (χ2v) is 8.46. The van der Waals surface area contributed by atoms with Gasteiger partial charge in [0.15, 0.2) is 5.82 Å². The molecule has 0 aromatic carbocycles. The largest absolute Gasteiger partial charge is 0.354 e. The van der Waals surface area contributed by atoms with Crippen LogP contribution in [0.5, 0.6) is 0 Å². The maximum Gasteiger partial charge on any atom is 0.276 e. The van der Waals surface area contributed by atoms with Crippen molar-refractivity contribution in [2.24, 2.45) is 10.6 Å². The van der Waals surface area contributed by atoms with Gasteiger partial charge in [-0.2, -0.15) is 17.8 Å². The lowest BCUT2D eigenvalue weighted by atomic mass is 9.60. The van der Waals surface area contributed by atoms with E-state index >= 15 is 0 Å². The third kappa shape index (κ3) is 2.22. The van der Waals surface area contributed by atoms with E-state index in [9.17, 15) is 8.42 Å². The van der Waals surface area contributed by atoms with E-state index in [-0.39, 0.29) is 11.5 Å². The Hall–Kier alpha value is -1.71. The van der Waals surface area contributed by atoms with Crippen molar-refractivity contribution >= 4 is 21.5 Å². The van der Waals surface area contributed by atoms with Crippen molar-refractivity contribution in [2.75, 3.05) is 25.0 Å². The van der Waals surface area contributed by atoms with E-state index in [1.165, 1.54) is 4.31 Å². The molecule has 1 spiro atoms. The van der Waals surface area contributed by atoms with Gasteiger partial charge < -0.3 is 4.90 Å². The van der Waals surface area contributed by atoms with Crippen LogP contribution in [-0.2, 0) is 10.2 Å². The Kier molecular flexibility index (Phi) is 3.00. The van der Waals surface area contributed by atoms with Crippen molar-refractivity contribution < 1.29 is 8.42 Å². The maximum absolute atomic E-state index is 11.4. The molecule has 1 aliphatic heterocycles. The number of fused-ring (bicyclic) bond motifs is 1. The molecule has 0 radical (unpaired) electrons. The van der Waals surface area contributed by atoms with Gasteiger partial charge in [-0.25, -0.2) is 14.6 Å². The molecule has 1 saturated carbocycles. The lowest BCUT2D eigenvalue weighted by Crippen LogP contribution is -2.67. The number of nitrogens with two attached hydrogens (primary N) is 1. The number of anilines is 1. The lowest BCUT2D eigenvalue weighted by molar-refractivity contribution is 0.0207. The molecule has 3 heterocycles. The van der Waals surface area contributed by atoms with Crippen molar-refractivity contribution in [1.29, 1.82) is 0 Å². The molecular formula is C14H20N6O2S. The van der Waals surface area contributed by atoms with E-state index < -0.39 is 10.2 Å². The summed E-state index contributed by atoms with van der Waals surface area (Å²) in [6.07, 6.45) is 5.23. The van der Waals surface area contributed by atoms with Crippen molar-refractivity contribution in [3.05, 3.63) is 24.2 Å². The molecule has 2 aromatic heterocycles. The van der Waals surface area contributed by atoms with Gasteiger partial charge in [0.25, 0.3) is 10.2 Å². The predicted octanol–water partition coefficient (Wildman–Crippen LogP) is 0.142. The maximum atomic E-state index is 11.4. The van der Waals surface area contributed by atoms with E-state index in [0.717, 1.165) is 42.8 Å². The zero-order chi connectivity index (χ0) is 16.4. The van der Waals surface area contributed by atoms with Crippen LogP contribution in [0.2, 0.25) is 0 Å².